The van der Waals surface area contributed by atoms with E-state index in [9.17, 15) is 4.79 Å². The molecule has 1 aromatic carbocycles. The summed E-state index contributed by atoms with van der Waals surface area (Å²) in [5.41, 5.74) is 0.668. The van der Waals surface area contributed by atoms with Gasteiger partial charge in [0.25, 0.3) is 0 Å². The number of hydrogen-bond donors (Lipinski definition) is 2. The fourth-order valence-corrected chi connectivity index (χ4v) is 6.45. The smallest absolute Gasteiger partial charge is 0.412 e. The van der Waals surface area contributed by atoms with Gasteiger partial charge < -0.3 is 33.9 Å². The number of carbonyl (C=O) groups excluding carboxylic acids is 1. The van der Waals surface area contributed by atoms with E-state index in [-0.39, 0.29) is 6.61 Å². The Morgan fingerprint density at radius 2 is 1.63 bits per heavy atom. The first-order chi connectivity index (χ1) is 20.9. The predicted octanol–water partition coefficient (Wildman–Crippen LogP) is 6.47. The Balaban J connectivity index is 1.28. The molecule has 3 saturated heterocycles. The molecule has 0 spiro atoms. The molecule has 0 aliphatic carbocycles. The second-order valence-electron chi connectivity index (χ2n) is 12.9. The van der Waals surface area contributed by atoms with Crippen LogP contribution in [0.2, 0.25) is 0 Å². The molecule has 3 aliphatic rings. The molecule has 0 unspecified atom stereocenters. The van der Waals surface area contributed by atoms with Crippen LogP contribution in [0.3, 0.4) is 0 Å². The number of anilines is 1. The summed E-state index contributed by atoms with van der Waals surface area (Å²) in [5, 5.41) is 6.35. The highest BCUT2D eigenvalue weighted by Crippen LogP contribution is 2.46. The Bertz CT molecular complexity index is 928. The van der Waals surface area contributed by atoms with E-state index < -0.39 is 36.0 Å². The van der Waals surface area contributed by atoms with Crippen LogP contribution >= 0.6 is 0 Å². The van der Waals surface area contributed by atoms with Gasteiger partial charge in [-0.2, -0.15) is 0 Å². The molecule has 9 nitrogen and oxygen atoms in total. The Hall–Kier alpha value is -1.75. The van der Waals surface area contributed by atoms with E-state index >= 15 is 0 Å². The number of unbranched alkanes of at least 4 members (excludes halogenated alkanes) is 9. The summed E-state index contributed by atoms with van der Waals surface area (Å²) in [5.74, 6) is -2.03. The van der Waals surface area contributed by atoms with Crippen LogP contribution in [0.5, 0.6) is 0 Å². The maximum Gasteiger partial charge on any atom is 0.412 e. The maximum absolute atomic E-state index is 13.0. The van der Waals surface area contributed by atoms with E-state index in [4.69, 9.17) is 23.7 Å². The van der Waals surface area contributed by atoms with Gasteiger partial charge in [-0.25, -0.2) is 4.79 Å². The Morgan fingerprint density at radius 1 is 0.953 bits per heavy atom. The number of para-hydroxylation sites is 1. The third kappa shape index (κ3) is 11.0. The molecule has 244 valence electrons. The second-order valence-corrected chi connectivity index (χ2v) is 12.9. The van der Waals surface area contributed by atoms with E-state index in [0.29, 0.717) is 18.8 Å². The van der Waals surface area contributed by atoms with Crippen LogP contribution < -0.4 is 10.6 Å². The minimum atomic E-state index is -1.14. The first kappa shape index (κ1) is 34.1. The molecule has 3 fully saturated rings. The van der Waals surface area contributed by atoms with Crippen molar-refractivity contribution in [2.24, 2.45) is 0 Å². The van der Waals surface area contributed by atoms with Crippen LogP contribution in [0.4, 0.5) is 10.5 Å². The first-order valence-electron chi connectivity index (χ1n) is 17.0. The molecule has 2 N–H and O–H groups in total. The van der Waals surface area contributed by atoms with Gasteiger partial charge in [0.05, 0.1) is 0 Å². The van der Waals surface area contributed by atoms with Crippen LogP contribution in [0, 0.1) is 0 Å². The summed E-state index contributed by atoms with van der Waals surface area (Å²) in [6.45, 7) is 11.5. The molecule has 43 heavy (non-hydrogen) atoms. The molecule has 0 bridgehead atoms. The van der Waals surface area contributed by atoms with Gasteiger partial charge in [-0.1, -0.05) is 82.9 Å². The van der Waals surface area contributed by atoms with Crippen molar-refractivity contribution in [3.8, 4) is 0 Å². The zero-order valence-corrected chi connectivity index (χ0v) is 27.0. The monoisotopic (exact) mass is 603 g/mol. The van der Waals surface area contributed by atoms with E-state index in [1.807, 2.05) is 44.2 Å². The lowest BCUT2D eigenvalue weighted by Crippen LogP contribution is -2.46. The zero-order chi connectivity index (χ0) is 30.4. The number of ether oxygens (including phenoxy) is 5. The Morgan fingerprint density at radius 3 is 2.33 bits per heavy atom. The fourth-order valence-electron chi connectivity index (χ4n) is 6.45. The third-order valence-electron chi connectivity index (χ3n) is 8.64. The van der Waals surface area contributed by atoms with Crippen LogP contribution in [0.1, 0.15) is 97.8 Å². The lowest BCUT2D eigenvalue weighted by molar-refractivity contribution is -0.277. The number of amides is 1. The van der Waals surface area contributed by atoms with Gasteiger partial charge in [-0.3, -0.25) is 5.32 Å². The van der Waals surface area contributed by atoms with Gasteiger partial charge >= 0.3 is 6.09 Å². The average molecular weight is 604 g/mol. The molecule has 4 atom stereocenters. The molecule has 1 aromatic rings. The Kier molecular flexibility index (Phi) is 14.0. The number of fused-ring (bicyclic) bond motifs is 1. The fraction of sp³-hybridized carbons (Fsp3) is 0.794. The molecule has 3 aliphatic heterocycles. The number of rotatable bonds is 20. The minimum Gasteiger partial charge on any atom is -0.440 e. The number of benzene rings is 1. The van der Waals surface area contributed by atoms with Gasteiger partial charge in [-0.15, -0.1) is 0 Å². The summed E-state index contributed by atoms with van der Waals surface area (Å²) in [4.78, 5) is 15.5. The van der Waals surface area contributed by atoms with E-state index in [0.717, 1.165) is 39.0 Å². The van der Waals surface area contributed by atoms with E-state index in [2.05, 4.69) is 22.5 Å². The van der Waals surface area contributed by atoms with E-state index in [1.165, 1.54) is 64.2 Å². The maximum atomic E-state index is 13.0. The lowest BCUT2D eigenvalue weighted by atomic mass is 10.1. The van der Waals surface area contributed by atoms with Gasteiger partial charge in [0, 0.05) is 31.9 Å². The molecule has 0 aromatic heterocycles. The third-order valence-corrected chi connectivity index (χ3v) is 8.64. The van der Waals surface area contributed by atoms with Crippen molar-refractivity contribution in [1.29, 1.82) is 0 Å². The molecule has 1 amide bonds. The highest BCUT2D eigenvalue weighted by Gasteiger charge is 2.66. The van der Waals surface area contributed by atoms with Crippen molar-refractivity contribution in [2.75, 3.05) is 51.3 Å². The molecule has 0 radical (unpaired) electrons. The molecule has 4 rings (SSSR count). The normalized spacial score (nSPS) is 26.5. The molecule has 0 saturated carbocycles. The number of likely N-dealkylation sites (tertiary alicyclic amines) is 1. The predicted molar refractivity (Wildman–Crippen MR) is 169 cm³/mol. The highest BCUT2D eigenvalue weighted by molar-refractivity contribution is 5.84. The summed E-state index contributed by atoms with van der Waals surface area (Å²) in [7, 11) is 0. The number of hydrogen-bond acceptors (Lipinski definition) is 8. The van der Waals surface area contributed by atoms with Crippen molar-refractivity contribution in [3.63, 3.8) is 0 Å². The minimum absolute atomic E-state index is 0.225. The number of carbonyl (C=O) groups is 1. The lowest BCUT2D eigenvalue weighted by Gasteiger charge is -2.29. The van der Waals surface area contributed by atoms with Crippen molar-refractivity contribution in [1.82, 2.24) is 10.2 Å². The van der Waals surface area contributed by atoms with Crippen LogP contribution in [-0.2, 0) is 23.7 Å². The topological polar surface area (TPSA) is 90.5 Å². The zero-order valence-electron chi connectivity index (χ0n) is 27.0. The van der Waals surface area contributed by atoms with Gasteiger partial charge in [-0.05, 0) is 58.3 Å². The van der Waals surface area contributed by atoms with Crippen LogP contribution in [0.15, 0.2) is 30.3 Å². The quantitative estimate of drug-likeness (QED) is 0.164. The molecular formula is C34H57N3O6. The second kappa shape index (κ2) is 17.7. The van der Waals surface area contributed by atoms with Crippen molar-refractivity contribution >= 4 is 11.8 Å². The van der Waals surface area contributed by atoms with E-state index in [1.54, 1.807) is 0 Å². The molecule has 9 heteroatoms. The Labute approximate surface area is 259 Å². The summed E-state index contributed by atoms with van der Waals surface area (Å²) >= 11 is 0. The highest BCUT2D eigenvalue weighted by atomic mass is 16.9. The molecule has 3 heterocycles. The number of nitrogens with one attached hydrogen (secondary N) is 2. The van der Waals surface area contributed by atoms with Gasteiger partial charge in [0.15, 0.2) is 18.0 Å². The van der Waals surface area contributed by atoms with Crippen LogP contribution in [0.25, 0.3) is 0 Å². The average Bonchev–Trinajstić information content (AvgIpc) is 3.66. The first-order valence-corrected chi connectivity index (χ1v) is 17.0. The largest absolute Gasteiger partial charge is 0.440 e. The van der Waals surface area contributed by atoms with Gasteiger partial charge in [0.1, 0.15) is 12.7 Å². The van der Waals surface area contributed by atoms with Crippen molar-refractivity contribution < 1.29 is 28.5 Å². The van der Waals surface area contributed by atoms with Crippen LogP contribution in [-0.4, -0.2) is 86.8 Å². The standard InChI is InChI=1S/C34H57N3O6/c1-4-5-6-7-8-9-10-11-12-18-25-39-27-34-31(42-33(2,3)43-34)30(40-32(38)36-28-19-14-13-15-20-28)29(41-34)26-35-21-24-37-22-16-17-23-37/h13-15,19-20,29-31,35H,4-12,16-18,21-27H2,1-3H3,(H,36,38)/t29-,30+,31-,34-/m0/s1. The number of nitrogens with zero attached hydrogens (tertiary/aromatic N) is 1. The van der Waals surface area contributed by atoms with Crippen molar-refractivity contribution in [3.05, 3.63) is 30.3 Å². The molecular weight excluding hydrogens is 546 g/mol. The summed E-state index contributed by atoms with van der Waals surface area (Å²) < 4.78 is 31.5. The van der Waals surface area contributed by atoms with Gasteiger partial charge in [0.2, 0.25) is 5.79 Å². The van der Waals surface area contributed by atoms with Crippen molar-refractivity contribution in [2.45, 2.75) is 128 Å². The SMILES string of the molecule is CCCCCCCCCCCCOC[C@@]12O[C@@H](CNCCN3CCCC3)[C@@H](OC(=O)Nc3ccccc3)[C@@H]1OC(C)(C)O2. The summed E-state index contributed by atoms with van der Waals surface area (Å²) in [6.07, 6.45) is 13.1. The summed E-state index contributed by atoms with van der Waals surface area (Å²) in [6, 6.07) is 9.30.